The van der Waals surface area contributed by atoms with Crippen LogP contribution in [0.3, 0.4) is 0 Å². The number of benzene rings is 1. The average molecular weight is 245 g/mol. The van der Waals surface area contributed by atoms with Gasteiger partial charge in [-0.25, -0.2) is 4.79 Å². The number of hydrogen-bond acceptors (Lipinski definition) is 5. The number of carbonyl (C=O) groups is 3. The quantitative estimate of drug-likeness (QED) is 0.337. The second-order valence-electron chi connectivity index (χ2n) is 3.43. The molecule has 0 aliphatic rings. The van der Waals surface area contributed by atoms with E-state index < -0.39 is 24.0 Å². The fourth-order valence-electron chi connectivity index (χ4n) is 1.26. The van der Waals surface area contributed by atoms with Crippen LogP contribution in [0.2, 0.25) is 0 Å². The van der Waals surface area contributed by atoms with E-state index in [9.17, 15) is 14.4 Å². The van der Waals surface area contributed by atoms with Gasteiger partial charge in [0.2, 0.25) is 5.78 Å². The maximum atomic E-state index is 11.7. The van der Waals surface area contributed by atoms with Gasteiger partial charge in [0.05, 0.1) is 24.7 Å². The van der Waals surface area contributed by atoms with E-state index in [1.165, 1.54) is 24.3 Å². The van der Waals surface area contributed by atoms with Gasteiger partial charge in [-0.2, -0.15) is 5.26 Å². The van der Waals surface area contributed by atoms with Crippen molar-refractivity contribution in [3.63, 3.8) is 0 Å². The molecule has 0 N–H and O–H groups in total. The van der Waals surface area contributed by atoms with Crippen LogP contribution < -0.4 is 0 Å². The molecule has 5 nitrogen and oxygen atoms in total. The molecule has 92 valence electrons. The summed E-state index contributed by atoms with van der Waals surface area (Å²) >= 11 is 0. The Balaban J connectivity index is 2.68. The Morgan fingerprint density at radius 1 is 1.22 bits per heavy atom. The Morgan fingerprint density at radius 3 is 2.33 bits per heavy atom. The van der Waals surface area contributed by atoms with E-state index in [0.29, 0.717) is 5.56 Å². The molecule has 0 aliphatic carbocycles. The lowest BCUT2D eigenvalue weighted by molar-refractivity contribution is -0.153. The second kappa shape index (κ2) is 6.30. The summed E-state index contributed by atoms with van der Waals surface area (Å²) in [4.78, 5) is 34.0. The summed E-state index contributed by atoms with van der Waals surface area (Å²) in [5.74, 6) is -2.34. The topological polar surface area (TPSA) is 84.2 Å². The van der Waals surface area contributed by atoms with Crippen LogP contribution in [0, 0.1) is 11.3 Å². The van der Waals surface area contributed by atoms with Crippen molar-refractivity contribution in [3.05, 3.63) is 35.4 Å². The van der Waals surface area contributed by atoms with Crippen LogP contribution in [-0.2, 0) is 14.3 Å². The van der Waals surface area contributed by atoms with E-state index in [4.69, 9.17) is 5.26 Å². The molecule has 0 saturated heterocycles. The first-order valence-electron chi connectivity index (χ1n) is 5.31. The first-order chi connectivity index (χ1) is 8.58. The molecule has 0 saturated carbocycles. The zero-order valence-electron chi connectivity index (χ0n) is 9.80. The first kappa shape index (κ1) is 13.6. The van der Waals surface area contributed by atoms with Gasteiger partial charge < -0.3 is 4.74 Å². The number of hydrogen-bond donors (Lipinski definition) is 0. The highest BCUT2D eigenvalue weighted by Crippen LogP contribution is 2.07. The molecule has 1 aromatic carbocycles. The molecule has 0 heterocycles. The van der Waals surface area contributed by atoms with Crippen LogP contribution >= 0.6 is 0 Å². The van der Waals surface area contributed by atoms with Crippen LogP contribution in [0.25, 0.3) is 0 Å². The van der Waals surface area contributed by atoms with Crippen LogP contribution in [0.4, 0.5) is 0 Å². The number of Topliss-reactive ketones (excluding diaryl/α,β-unsaturated/α-hetero) is 2. The smallest absolute Gasteiger partial charge is 0.375 e. The van der Waals surface area contributed by atoms with Crippen molar-refractivity contribution in [2.45, 2.75) is 13.3 Å². The minimum absolute atomic E-state index is 0.0929. The largest absolute Gasteiger partial charge is 0.460 e. The summed E-state index contributed by atoms with van der Waals surface area (Å²) in [6.45, 7) is 1.67. The van der Waals surface area contributed by atoms with Crippen LogP contribution in [0.15, 0.2) is 24.3 Å². The van der Waals surface area contributed by atoms with Crippen LogP contribution in [-0.4, -0.2) is 24.1 Å². The Kier molecular flexibility index (Phi) is 4.76. The van der Waals surface area contributed by atoms with Gasteiger partial charge in [-0.05, 0) is 19.1 Å². The highest BCUT2D eigenvalue weighted by atomic mass is 16.5. The summed E-state index contributed by atoms with van der Waals surface area (Å²) in [5.41, 5.74) is 0.704. The van der Waals surface area contributed by atoms with Gasteiger partial charge in [-0.3, -0.25) is 9.59 Å². The molecular formula is C13H11NO4. The summed E-state index contributed by atoms with van der Waals surface area (Å²) in [6, 6.07) is 7.75. The fraction of sp³-hybridized carbons (Fsp3) is 0.231. The third-order valence-electron chi connectivity index (χ3n) is 2.16. The Morgan fingerprint density at radius 2 is 1.83 bits per heavy atom. The number of esters is 1. The third kappa shape index (κ3) is 3.52. The maximum absolute atomic E-state index is 11.7. The highest BCUT2D eigenvalue weighted by Gasteiger charge is 2.19. The van der Waals surface area contributed by atoms with E-state index in [1.807, 2.05) is 6.07 Å². The predicted molar refractivity (Wildman–Crippen MR) is 61.7 cm³/mol. The molecule has 0 unspecified atom stereocenters. The van der Waals surface area contributed by atoms with Crippen molar-refractivity contribution < 1.29 is 19.1 Å². The molecule has 0 amide bonds. The predicted octanol–water partition coefficient (Wildman–Crippen LogP) is 1.26. The highest BCUT2D eigenvalue weighted by molar-refractivity contribution is 6.38. The lowest BCUT2D eigenvalue weighted by Crippen LogP contribution is -2.20. The van der Waals surface area contributed by atoms with E-state index in [2.05, 4.69) is 4.74 Å². The molecule has 5 heteroatoms. The number of nitrogens with zero attached hydrogens (tertiary/aromatic N) is 1. The van der Waals surface area contributed by atoms with E-state index in [0.717, 1.165) is 0 Å². The molecule has 0 aliphatic heterocycles. The van der Waals surface area contributed by atoms with Gasteiger partial charge in [0.25, 0.3) is 0 Å². The van der Waals surface area contributed by atoms with E-state index >= 15 is 0 Å². The molecule has 0 aromatic heterocycles. The van der Waals surface area contributed by atoms with Gasteiger partial charge in [0, 0.05) is 5.56 Å². The van der Waals surface area contributed by atoms with Crippen molar-refractivity contribution in [2.24, 2.45) is 0 Å². The lowest BCUT2D eigenvalue weighted by Gasteiger charge is -2.01. The van der Waals surface area contributed by atoms with E-state index in [1.54, 1.807) is 6.92 Å². The zero-order chi connectivity index (χ0) is 13.5. The first-order valence-corrected chi connectivity index (χ1v) is 5.31. The minimum Gasteiger partial charge on any atom is -0.460 e. The Labute approximate surface area is 104 Å². The van der Waals surface area contributed by atoms with Gasteiger partial charge in [0.15, 0.2) is 5.78 Å². The minimum atomic E-state index is -1.00. The number of nitriles is 1. The molecule has 0 radical (unpaired) electrons. The van der Waals surface area contributed by atoms with Crippen LogP contribution in [0.1, 0.15) is 29.3 Å². The molecule has 0 fully saturated rings. The summed E-state index contributed by atoms with van der Waals surface area (Å²) in [5, 5.41) is 8.59. The zero-order valence-corrected chi connectivity index (χ0v) is 9.80. The maximum Gasteiger partial charge on any atom is 0.375 e. The molecular weight excluding hydrogens is 234 g/mol. The molecule has 0 atom stereocenters. The Bertz CT molecular complexity index is 511. The third-order valence-corrected chi connectivity index (χ3v) is 2.16. The summed E-state index contributed by atoms with van der Waals surface area (Å²) in [6.07, 6.45) is -0.523. The van der Waals surface area contributed by atoms with Crippen molar-refractivity contribution in [1.29, 1.82) is 5.26 Å². The molecule has 0 spiro atoms. The monoisotopic (exact) mass is 245 g/mol. The van der Waals surface area contributed by atoms with Crippen molar-refractivity contribution in [2.75, 3.05) is 6.61 Å². The Hall–Kier alpha value is -2.48. The molecule has 1 aromatic rings. The normalized spacial score (nSPS) is 9.33. The standard InChI is InChI=1S/C13H11NO4/c1-2-18-13(17)12(16)7-11(15)10-5-3-9(8-14)4-6-10/h3-6H,2,7H2,1H3. The van der Waals surface area contributed by atoms with E-state index in [-0.39, 0.29) is 12.2 Å². The average Bonchev–Trinajstić information content (AvgIpc) is 2.39. The SMILES string of the molecule is CCOC(=O)C(=O)CC(=O)c1ccc(C#N)cc1. The van der Waals surface area contributed by atoms with Gasteiger partial charge >= 0.3 is 5.97 Å². The number of rotatable bonds is 5. The van der Waals surface area contributed by atoms with Gasteiger partial charge in [-0.15, -0.1) is 0 Å². The number of ketones is 2. The second-order valence-corrected chi connectivity index (χ2v) is 3.43. The van der Waals surface area contributed by atoms with Crippen molar-refractivity contribution >= 4 is 17.5 Å². The fourth-order valence-corrected chi connectivity index (χ4v) is 1.26. The van der Waals surface area contributed by atoms with Crippen LogP contribution in [0.5, 0.6) is 0 Å². The molecule has 0 bridgehead atoms. The molecule has 18 heavy (non-hydrogen) atoms. The summed E-state index contributed by atoms with van der Waals surface area (Å²) in [7, 11) is 0. The van der Waals surface area contributed by atoms with Crippen molar-refractivity contribution in [1.82, 2.24) is 0 Å². The van der Waals surface area contributed by atoms with Gasteiger partial charge in [-0.1, -0.05) is 12.1 Å². The van der Waals surface area contributed by atoms with Gasteiger partial charge in [0.1, 0.15) is 0 Å². The summed E-state index contributed by atoms with van der Waals surface area (Å²) < 4.78 is 4.49. The lowest BCUT2D eigenvalue weighted by atomic mass is 10.0. The number of ether oxygens (including phenoxy) is 1. The number of carbonyl (C=O) groups excluding carboxylic acids is 3. The van der Waals surface area contributed by atoms with Crippen molar-refractivity contribution in [3.8, 4) is 6.07 Å². The molecule has 1 rings (SSSR count).